The third-order valence-electron chi connectivity index (χ3n) is 5.27. The van der Waals surface area contributed by atoms with Gasteiger partial charge in [-0.25, -0.2) is 4.98 Å². The number of carbonyl (C=O) groups excluding carboxylic acids is 1. The molecular weight excluding hydrogens is 428 g/mol. The number of alkyl halides is 6. The lowest BCUT2D eigenvalue weighted by molar-refractivity contribution is -0.169. The molecule has 164 valence electrons. The zero-order chi connectivity index (χ0) is 22.6. The summed E-state index contributed by atoms with van der Waals surface area (Å²) in [7, 11) is 0. The summed E-state index contributed by atoms with van der Waals surface area (Å²) in [5.41, 5.74) is -0.602. The van der Waals surface area contributed by atoms with Gasteiger partial charge in [0.25, 0.3) is 11.6 Å². The highest BCUT2D eigenvalue weighted by Gasteiger charge is 2.45. The molecule has 31 heavy (non-hydrogen) atoms. The van der Waals surface area contributed by atoms with Crippen molar-refractivity contribution in [1.82, 2.24) is 15.0 Å². The molecule has 5 nitrogen and oxygen atoms in total. The largest absolute Gasteiger partial charge is 0.416 e. The Morgan fingerprint density at radius 1 is 1.16 bits per heavy atom. The maximum atomic E-state index is 13.1. The molecule has 1 aliphatic heterocycles. The first kappa shape index (κ1) is 21.1. The Kier molecular flexibility index (Phi) is 4.94. The van der Waals surface area contributed by atoms with Gasteiger partial charge in [-0.15, -0.1) is 0 Å². The normalized spacial score (nSPS) is 17.5. The van der Waals surface area contributed by atoms with Crippen molar-refractivity contribution < 1.29 is 35.7 Å². The fraction of sp³-hybridized carbons (Fsp3) is 0.350. The van der Waals surface area contributed by atoms with Crippen LogP contribution in [0.3, 0.4) is 0 Å². The van der Waals surface area contributed by atoms with Crippen LogP contribution in [0.1, 0.15) is 28.0 Å². The van der Waals surface area contributed by atoms with Crippen LogP contribution in [-0.2, 0) is 6.18 Å². The molecule has 3 heterocycles. The number of nitrogens with zero attached hydrogens (tertiary/aromatic N) is 3. The Labute approximate surface area is 171 Å². The zero-order valence-corrected chi connectivity index (χ0v) is 16.0. The molecule has 1 amide bonds. The smallest absolute Gasteiger partial charge is 0.338 e. The number of rotatable bonds is 2. The average molecular weight is 443 g/mol. The van der Waals surface area contributed by atoms with Crippen molar-refractivity contribution in [1.29, 1.82) is 0 Å². The molecule has 0 radical (unpaired) electrons. The molecule has 0 bridgehead atoms. The number of aromatic nitrogens is 2. The molecule has 1 fully saturated rings. The maximum Gasteiger partial charge on any atom is 0.416 e. The molecular formula is C20H15F6N3O2. The van der Waals surface area contributed by atoms with E-state index >= 15 is 0 Å². The first-order valence-corrected chi connectivity index (χ1v) is 9.26. The molecule has 0 saturated carbocycles. The van der Waals surface area contributed by atoms with Gasteiger partial charge in [-0.3, -0.25) is 4.79 Å². The molecule has 0 N–H and O–H groups in total. The molecule has 1 aromatic carbocycles. The average Bonchev–Trinajstić information content (AvgIpc) is 3.34. The fourth-order valence-electron chi connectivity index (χ4n) is 3.65. The van der Waals surface area contributed by atoms with Gasteiger partial charge in [0.05, 0.1) is 33.8 Å². The monoisotopic (exact) mass is 443 g/mol. The summed E-state index contributed by atoms with van der Waals surface area (Å²) in [6.45, 7) is 0.960. The van der Waals surface area contributed by atoms with Crippen LogP contribution in [0.5, 0.6) is 0 Å². The Morgan fingerprint density at radius 2 is 1.90 bits per heavy atom. The Balaban J connectivity index is 1.78. The van der Waals surface area contributed by atoms with Gasteiger partial charge in [0.1, 0.15) is 0 Å². The second kappa shape index (κ2) is 7.24. The van der Waals surface area contributed by atoms with Gasteiger partial charge in [-0.2, -0.15) is 26.3 Å². The summed E-state index contributed by atoms with van der Waals surface area (Å²) in [5, 5.41) is 3.96. The molecule has 3 aromatic rings. The maximum absolute atomic E-state index is 13.1. The quantitative estimate of drug-likeness (QED) is 0.509. The van der Waals surface area contributed by atoms with Crippen molar-refractivity contribution >= 4 is 17.0 Å². The predicted octanol–water partition coefficient (Wildman–Crippen LogP) is 5.24. The number of benzene rings is 1. The summed E-state index contributed by atoms with van der Waals surface area (Å²) >= 11 is 0. The second-order valence-electron chi connectivity index (χ2n) is 7.36. The van der Waals surface area contributed by atoms with Crippen LogP contribution in [0.15, 0.2) is 34.9 Å². The summed E-state index contributed by atoms with van der Waals surface area (Å²) in [6, 6.07) is 5.63. The number of pyridine rings is 1. The topological polar surface area (TPSA) is 59.2 Å². The lowest BCUT2D eigenvalue weighted by Crippen LogP contribution is -2.32. The number of hydrogen-bond acceptors (Lipinski definition) is 4. The third-order valence-corrected chi connectivity index (χ3v) is 5.27. The third kappa shape index (κ3) is 3.96. The first-order valence-electron chi connectivity index (χ1n) is 9.26. The van der Waals surface area contributed by atoms with Gasteiger partial charge >= 0.3 is 12.4 Å². The van der Waals surface area contributed by atoms with Gasteiger partial charge < -0.3 is 9.42 Å². The van der Waals surface area contributed by atoms with Gasteiger partial charge in [0.15, 0.2) is 0 Å². The lowest BCUT2D eigenvalue weighted by atomic mass is 10.0. The van der Waals surface area contributed by atoms with Crippen LogP contribution in [0.2, 0.25) is 0 Å². The lowest BCUT2D eigenvalue weighted by Gasteiger charge is -2.19. The van der Waals surface area contributed by atoms with Crippen LogP contribution in [0.4, 0.5) is 26.3 Å². The Hall–Kier alpha value is -3.11. The summed E-state index contributed by atoms with van der Waals surface area (Å²) < 4.78 is 83.4. The molecule has 11 heteroatoms. The number of amides is 1. The minimum Gasteiger partial charge on any atom is -0.338 e. The Bertz CT molecular complexity index is 1150. The van der Waals surface area contributed by atoms with E-state index < -0.39 is 36.3 Å². The summed E-state index contributed by atoms with van der Waals surface area (Å²) in [5.74, 6) is -2.31. The van der Waals surface area contributed by atoms with Crippen molar-refractivity contribution in [2.75, 3.05) is 13.1 Å². The minimum absolute atomic E-state index is 0.0148. The van der Waals surface area contributed by atoms with Gasteiger partial charge in [-0.05, 0) is 31.5 Å². The van der Waals surface area contributed by atoms with Crippen molar-refractivity contribution in [2.24, 2.45) is 5.92 Å². The van der Waals surface area contributed by atoms with Crippen LogP contribution >= 0.6 is 0 Å². The molecule has 0 spiro atoms. The van der Waals surface area contributed by atoms with E-state index in [2.05, 4.69) is 10.1 Å². The Morgan fingerprint density at radius 3 is 2.55 bits per heavy atom. The van der Waals surface area contributed by atoms with Crippen molar-refractivity contribution in [3.63, 3.8) is 0 Å². The highest BCUT2D eigenvalue weighted by molar-refractivity contribution is 6.07. The van der Waals surface area contributed by atoms with Gasteiger partial charge in [0.2, 0.25) is 0 Å². The van der Waals surface area contributed by atoms with Gasteiger partial charge in [0, 0.05) is 18.7 Å². The number of aryl methyl sites for hydroxylation is 1. The fourth-order valence-corrected chi connectivity index (χ4v) is 3.65. The van der Waals surface area contributed by atoms with E-state index in [0.29, 0.717) is 5.69 Å². The van der Waals surface area contributed by atoms with E-state index in [1.807, 2.05) is 0 Å². The van der Waals surface area contributed by atoms with E-state index in [1.165, 1.54) is 25.1 Å². The molecule has 1 aliphatic rings. The van der Waals surface area contributed by atoms with E-state index in [9.17, 15) is 31.1 Å². The number of halogens is 6. The number of hydrogen-bond donors (Lipinski definition) is 0. The molecule has 2 aromatic heterocycles. The van der Waals surface area contributed by atoms with Crippen LogP contribution < -0.4 is 0 Å². The molecule has 1 saturated heterocycles. The molecule has 1 unspecified atom stereocenters. The minimum atomic E-state index is -4.58. The van der Waals surface area contributed by atoms with Crippen molar-refractivity contribution in [2.45, 2.75) is 25.7 Å². The van der Waals surface area contributed by atoms with Crippen molar-refractivity contribution in [3.8, 4) is 11.3 Å². The number of fused-ring (bicyclic) bond motifs is 1. The highest BCUT2D eigenvalue weighted by atomic mass is 19.4. The van der Waals surface area contributed by atoms with E-state index in [1.54, 1.807) is 0 Å². The number of carbonyl (C=O) groups is 1. The zero-order valence-electron chi connectivity index (χ0n) is 16.0. The standard InChI is InChI=1S/C20H15F6N3O2/c1-10-16-14(18(30)29-6-5-13(9-29)20(24,25)26)8-15(27-17(16)31-28-10)11-3-2-4-12(7-11)19(21,22)23/h2-4,7-8,13H,5-6,9H2,1H3. The van der Waals surface area contributed by atoms with Crippen LogP contribution in [0, 0.1) is 12.8 Å². The van der Waals surface area contributed by atoms with E-state index in [0.717, 1.165) is 17.0 Å². The summed E-state index contributed by atoms with van der Waals surface area (Å²) in [6.07, 6.45) is -9.21. The predicted molar refractivity (Wildman–Crippen MR) is 97.0 cm³/mol. The molecule has 0 aliphatic carbocycles. The second-order valence-corrected chi connectivity index (χ2v) is 7.36. The van der Waals surface area contributed by atoms with Crippen molar-refractivity contribution in [3.05, 3.63) is 47.2 Å². The molecule has 4 rings (SSSR count). The van der Waals surface area contributed by atoms with E-state index in [-0.39, 0.29) is 40.9 Å². The number of likely N-dealkylation sites (tertiary alicyclic amines) is 1. The van der Waals surface area contributed by atoms with Gasteiger partial charge in [-0.1, -0.05) is 17.3 Å². The summed E-state index contributed by atoms with van der Waals surface area (Å²) in [4.78, 5) is 18.3. The highest BCUT2D eigenvalue weighted by Crippen LogP contribution is 2.36. The molecule has 1 atom stereocenters. The van der Waals surface area contributed by atoms with E-state index in [4.69, 9.17) is 4.52 Å². The SMILES string of the molecule is Cc1noc2nc(-c3cccc(C(F)(F)F)c3)cc(C(=O)N3CCC(C(F)(F)F)C3)c12. The van der Waals surface area contributed by atoms with Crippen LogP contribution in [0.25, 0.3) is 22.4 Å². The first-order chi connectivity index (χ1) is 14.4. The van der Waals surface area contributed by atoms with Crippen LogP contribution in [-0.4, -0.2) is 40.2 Å².